The van der Waals surface area contributed by atoms with Crippen molar-refractivity contribution in [2.45, 2.75) is 6.54 Å². The van der Waals surface area contributed by atoms with Crippen LogP contribution in [-0.4, -0.2) is 19.7 Å². The number of carbonyl (C=O) groups is 1. The second-order valence-corrected chi connectivity index (χ2v) is 4.66. The third-order valence-corrected chi connectivity index (χ3v) is 3.31. The first-order valence-electron chi connectivity index (χ1n) is 6.71. The molecule has 0 unspecified atom stereocenters. The Kier molecular flexibility index (Phi) is 3.64. The molecule has 0 radical (unpaired) electrons. The van der Waals surface area contributed by atoms with Crippen LogP contribution in [0.15, 0.2) is 42.5 Å². The lowest BCUT2D eigenvalue weighted by molar-refractivity contribution is 0.0963. The van der Waals surface area contributed by atoms with Crippen molar-refractivity contribution in [1.29, 1.82) is 0 Å². The summed E-state index contributed by atoms with van der Waals surface area (Å²) in [6, 6.07) is 13.2. The molecule has 1 amide bonds. The summed E-state index contributed by atoms with van der Waals surface area (Å²) in [4.78, 5) is 11.6. The first kappa shape index (κ1) is 13.3. The minimum Gasteiger partial charge on any atom is -0.454 e. The maximum absolute atomic E-state index is 11.6. The smallest absolute Gasteiger partial charge is 0.251 e. The standard InChI is InChI=1S/C16H16N2O3/c1-17-16(19)11-4-2-6-13(8-11)18-9-12-5-3-7-14-15(12)21-10-20-14/h2-8,18H,9-10H2,1H3,(H,17,19). The molecule has 21 heavy (non-hydrogen) atoms. The van der Waals surface area contributed by atoms with E-state index in [0.29, 0.717) is 12.1 Å². The normalized spacial score (nSPS) is 12.0. The molecule has 0 bridgehead atoms. The SMILES string of the molecule is CNC(=O)c1cccc(NCc2cccc3c2OCO3)c1. The highest BCUT2D eigenvalue weighted by Gasteiger charge is 2.16. The average molecular weight is 284 g/mol. The largest absolute Gasteiger partial charge is 0.454 e. The average Bonchev–Trinajstić information content (AvgIpc) is 3.01. The van der Waals surface area contributed by atoms with Crippen molar-refractivity contribution in [3.63, 3.8) is 0 Å². The molecule has 5 heteroatoms. The van der Waals surface area contributed by atoms with Crippen molar-refractivity contribution >= 4 is 11.6 Å². The van der Waals surface area contributed by atoms with E-state index in [0.717, 1.165) is 22.7 Å². The highest BCUT2D eigenvalue weighted by atomic mass is 16.7. The summed E-state index contributed by atoms with van der Waals surface area (Å²) in [7, 11) is 1.62. The molecule has 108 valence electrons. The van der Waals surface area contributed by atoms with Crippen LogP contribution < -0.4 is 20.1 Å². The number of rotatable bonds is 4. The maximum atomic E-state index is 11.6. The van der Waals surface area contributed by atoms with E-state index in [9.17, 15) is 4.79 Å². The molecule has 0 fully saturated rings. The number of ether oxygens (including phenoxy) is 2. The quantitative estimate of drug-likeness (QED) is 0.905. The maximum Gasteiger partial charge on any atom is 0.251 e. The van der Waals surface area contributed by atoms with Gasteiger partial charge in [0, 0.05) is 30.4 Å². The van der Waals surface area contributed by atoms with Crippen LogP contribution in [0.4, 0.5) is 5.69 Å². The van der Waals surface area contributed by atoms with Crippen molar-refractivity contribution in [3.8, 4) is 11.5 Å². The van der Waals surface area contributed by atoms with E-state index in [1.54, 1.807) is 13.1 Å². The predicted octanol–water partition coefficient (Wildman–Crippen LogP) is 2.39. The summed E-state index contributed by atoms with van der Waals surface area (Å²) < 4.78 is 10.8. The van der Waals surface area contributed by atoms with Gasteiger partial charge in [-0.15, -0.1) is 0 Å². The second-order valence-electron chi connectivity index (χ2n) is 4.66. The molecule has 0 saturated heterocycles. The van der Waals surface area contributed by atoms with Gasteiger partial charge in [0.1, 0.15) is 0 Å². The Balaban J connectivity index is 1.74. The van der Waals surface area contributed by atoms with Crippen LogP contribution in [-0.2, 0) is 6.54 Å². The van der Waals surface area contributed by atoms with E-state index in [2.05, 4.69) is 10.6 Å². The van der Waals surface area contributed by atoms with Gasteiger partial charge in [0.2, 0.25) is 6.79 Å². The van der Waals surface area contributed by atoms with Gasteiger partial charge in [-0.2, -0.15) is 0 Å². The molecule has 1 aliphatic heterocycles. The number of hydrogen-bond donors (Lipinski definition) is 2. The van der Waals surface area contributed by atoms with Gasteiger partial charge in [0.05, 0.1) is 0 Å². The van der Waals surface area contributed by atoms with Gasteiger partial charge in [-0.3, -0.25) is 4.79 Å². The Bertz CT molecular complexity index is 670. The lowest BCUT2D eigenvalue weighted by Crippen LogP contribution is -2.17. The summed E-state index contributed by atoms with van der Waals surface area (Å²) in [5.41, 5.74) is 2.53. The van der Waals surface area contributed by atoms with Crippen LogP contribution >= 0.6 is 0 Å². The zero-order valence-corrected chi connectivity index (χ0v) is 11.7. The van der Waals surface area contributed by atoms with E-state index < -0.39 is 0 Å². The van der Waals surface area contributed by atoms with Gasteiger partial charge in [0.15, 0.2) is 11.5 Å². The second kappa shape index (κ2) is 5.75. The third-order valence-electron chi connectivity index (χ3n) is 3.31. The van der Waals surface area contributed by atoms with E-state index >= 15 is 0 Å². The summed E-state index contributed by atoms with van der Waals surface area (Å²) in [5.74, 6) is 1.46. The van der Waals surface area contributed by atoms with E-state index in [1.807, 2.05) is 36.4 Å². The van der Waals surface area contributed by atoms with Crippen molar-refractivity contribution in [1.82, 2.24) is 5.32 Å². The first-order chi connectivity index (χ1) is 10.3. The highest BCUT2D eigenvalue weighted by Crippen LogP contribution is 2.35. The lowest BCUT2D eigenvalue weighted by atomic mass is 10.1. The van der Waals surface area contributed by atoms with E-state index in [1.165, 1.54) is 0 Å². The van der Waals surface area contributed by atoms with Gasteiger partial charge in [0.25, 0.3) is 5.91 Å². The molecule has 5 nitrogen and oxygen atoms in total. The fourth-order valence-corrected chi connectivity index (χ4v) is 2.24. The topological polar surface area (TPSA) is 59.6 Å². The summed E-state index contributed by atoms with van der Waals surface area (Å²) in [6.45, 7) is 0.863. The Morgan fingerprint density at radius 3 is 2.90 bits per heavy atom. The van der Waals surface area contributed by atoms with Crippen molar-refractivity contribution in [2.75, 3.05) is 19.2 Å². The molecule has 2 N–H and O–H groups in total. The molecule has 2 aromatic rings. The van der Waals surface area contributed by atoms with Gasteiger partial charge in [-0.1, -0.05) is 18.2 Å². The Labute approximate surface area is 122 Å². The van der Waals surface area contributed by atoms with Crippen LogP contribution in [0.5, 0.6) is 11.5 Å². The fourth-order valence-electron chi connectivity index (χ4n) is 2.24. The highest BCUT2D eigenvalue weighted by molar-refractivity contribution is 5.94. The number of amides is 1. The Morgan fingerprint density at radius 2 is 2.05 bits per heavy atom. The number of benzene rings is 2. The Morgan fingerprint density at radius 1 is 1.19 bits per heavy atom. The molecule has 3 rings (SSSR count). The zero-order valence-electron chi connectivity index (χ0n) is 11.7. The molecule has 0 saturated carbocycles. The minimum absolute atomic E-state index is 0.101. The molecule has 1 heterocycles. The molecule has 0 aliphatic carbocycles. The van der Waals surface area contributed by atoms with E-state index in [-0.39, 0.29) is 12.7 Å². The molecule has 0 aromatic heterocycles. The van der Waals surface area contributed by atoms with Crippen LogP contribution in [0.1, 0.15) is 15.9 Å². The predicted molar refractivity (Wildman–Crippen MR) is 79.7 cm³/mol. The molecule has 0 atom stereocenters. The first-order valence-corrected chi connectivity index (χ1v) is 6.71. The summed E-state index contributed by atoms with van der Waals surface area (Å²) in [5, 5.41) is 5.91. The monoisotopic (exact) mass is 284 g/mol. The number of anilines is 1. The van der Waals surface area contributed by atoms with Crippen LogP contribution in [0.2, 0.25) is 0 Å². The van der Waals surface area contributed by atoms with Crippen molar-refractivity contribution in [2.24, 2.45) is 0 Å². The van der Waals surface area contributed by atoms with Crippen LogP contribution in [0.25, 0.3) is 0 Å². The van der Waals surface area contributed by atoms with E-state index in [4.69, 9.17) is 9.47 Å². The van der Waals surface area contributed by atoms with Gasteiger partial charge >= 0.3 is 0 Å². The third kappa shape index (κ3) is 2.76. The number of nitrogens with one attached hydrogen (secondary N) is 2. The van der Waals surface area contributed by atoms with Crippen LogP contribution in [0, 0.1) is 0 Å². The number of hydrogen-bond acceptors (Lipinski definition) is 4. The lowest BCUT2D eigenvalue weighted by Gasteiger charge is -2.10. The zero-order chi connectivity index (χ0) is 14.7. The molecular weight excluding hydrogens is 268 g/mol. The molecular formula is C16H16N2O3. The number of fused-ring (bicyclic) bond motifs is 1. The molecule has 1 aliphatic rings. The van der Waals surface area contributed by atoms with Crippen molar-refractivity contribution < 1.29 is 14.3 Å². The minimum atomic E-state index is -0.101. The molecule has 2 aromatic carbocycles. The number of para-hydroxylation sites is 1. The van der Waals surface area contributed by atoms with Crippen molar-refractivity contribution in [3.05, 3.63) is 53.6 Å². The van der Waals surface area contributed by atoms with Gasteiger partial charge < -0.3 is 20.1 Å². The van der Waals surface area contributed by atoms with Gasteiger partial charge in [-0.25, -0.2) is 0 Å². The summed E-state index contributed by atoms with van der Waals surface area (Å²) in [6.07, 6.45) is 0. The van der Waals surface area contributed by atoms with Crippen LogP contribution in [0.3, 0.4) is 0 Å². The number of carbonyl (C=O) groups excluding carboxylic acids is 1. The van der Waals surface area contributed by atoms with Gasteiger partial charge in [-0.05, 0) is 24.3 Å². The molecule has 0 spiro atoms. The fraction of sp³-hybridized carbons (Fsp3) is 0.188. The Hall–Kier alpha value is -2.69. The summed E-state index contributed by atoms with van der Waals surface area (Å²) >= 11 is 0.